The van der Waals surface area contributed by atoms with E-state index >= 15 is 0 Å². The van der Waals surface area contributed by atoms with E-state index in [0.717, 1.165) is 45.0 Å². The van der Waals surface area contributed by atoms with Gasteiger partial charge in [-0.05, 0) is 70.4 Å². The zero-order valence-electron chi connectivity index (χ0n) is 20.2. The molecule has 188 valence electrons. The van der Waals surface area contributed by atoms with E-state index in [-0.39, 0.29) is 46.8 Å². The van der Waals surface area contributed by atoms with E-state index in [9.17, 15) is 18.4 Å². The number of piperidine rings is 1. The quantitative estimate of drug-likeness (QED) is 0.645. The molecule has 0 spiro atoms. The van der Waals surface area contributed by atoms with Crippen LogP contribution in [-0.4, -0.2) is 55.0 Å². The SMILES string of the molecule is COc1cc(F)ccc1-c1cc(NC(=O)[C@H]2CCC[C@@H](NC(=O)C3CCN(C)CC3)C2)ncc1F. The first-order valence-electron chi connectivity index (χ1n) is 12.1. The summed E-state index contributed by atoms with van der Waals surface area (Å²) in [6, 6.07) is 5.21. The van der Waals surface area contributed by atoms with Gasteiger partial charge in [0.2, 0.25) is 11.8 Å². The van der Waals surface area contributed by atoms with E-state index in [4.69, 9.17) is 4.74 Å². The lowest BCUT2D eigenvalue weighted by Crippen LogP contribution is -2.45. The lowest BCUT2D eigenvalue weighted by Gasteiger charge is -2.32. The number of aromatic nitrogens is 1. The van der Waals surface area contributed by atoms with Crippen LogP contribution in [0.15, 0.2) is 30.5 Å². The molecule has 4 rings (SSSR count). The monoisotopic (exact) mass is 486 g/mol. The van der Waals surface area contributed by atoms with Gasteiger partial charge in [-0.25, -0.2) is 13.8 Å². The number of likely N-dealkylation sites (tertiary alicyclic amines) is 1. The van der Waals surface area contributed by atoms with E-state index in [0.29, 0.717) is 18.4 Å². The van der Waals surface area contributed by atoms with Crippen LogP contribution in [0.1, 0.15) is 38.5 Å². The molecular weight excluding hydrogens is 454 g/mol. The van der Waals surface area contributed by atoms with Crippen LogP contribution in [0.5, 0.6) is 5.75 Å². The van der Waals surface area contributed by atoms with E-state index in [1.807, 2.05) is 0 Å². The topological polar surface area (TPSA) is 83.6 Å². The second-order valence-corrected chi connectivity index (χ2v) is 9.53. The number of carbonyl (C=O) groups is 2. The van der Waals surface area contributed by atoms with Crippen molar-refractivity contribution in [3.8, 4) is 16.9 Å². The van der Waals surface area contributed by atoms with Crippen molar-refractivity contribution < 1.29 is 23.1 Å². The summed E-state index contributed by atoms with van der Waals surface area (Å²) >= 11 is 0. The van der Waals surface area contributed by atoms with Crippen LogP contribution in [-0.2, 0) is 9.59 Å². The summed E-state index contributed by atoms with van der Waals surface area (Å²) in [5.74, 6) is -1.08. The summed E-state index contributed by atoms with van der Waals surface area (Å²) in [4.78, 5) is 31.9. The summed E-state index contributed by atoms with van der Waals surface area (Å²) in [5.41, 5.74) is 0.512. The van der Waals surface area contributed by atoms with E-state index in [2.05, 4.69) is 27.6 Å². The predicted octanol–water partition coefficient (Wildman–Crippen LogP) is 3.99. The smallest absolute Gasteiger partial charge is 0.228 e. The molecule has 0 unspecified atom stereocenters. The molecule has 9 heteroatoms. The summed E-state index contributed by atoms with van der Waals surface area (Å²) in [5, 5.41) is 5.95. The van der Waals surface area contributed by atoms with Crippen LogP contribution in [0.3, 0.4) is 0 Å². The largest absolute Gasteiger partial charge is 0.496 e. The maximum absolute atomic E-state index is 14.5. The highest BCUT2D eigenvalue weighted by Gasteiger charge is 2.31. The maximum Gasteiger partial charge on any atom is 0.228 e. The summed E-state index contributed by atoms with van der Waals surface area (Å²) in [6.07, 6.45) is 5.71. The Bertz CT molecular complexity index is 1070. The zero-order chi connectivity index (χ0) is 24.9. The first-order valence-corrected chi connectivity index (χ1v) is 12.1. The standard InChI is InChI=1S/C26H32F2N4O3/c1-32-10-8-16(9-11-32)25(33)30-19-5-3-4-17(12-19)26(34)31-24-14-21(22(28)15-29-24)20-7-6-18(27)13-23(20)35-2/h6-7,13-17,19H,3-5,8-12H2,1-2H3,(H,30,33)(H,29,31,34)/t17-,19+/m0/s1. The van der Waals surface area contributed by atoms with Gasteiger partial charge in [0.15, 0.2) is 0 Å². The Morgan fingerprint density at radius 2 is 1.80 bits per heavy atom. The number of benzene rings is 1. The molecule has 1 aromatic heterocycles. The lowest BCUT2D eigenvalue weighted by atomic mass is 9.84. The third-order valence-corrected chi connectivity index (χ3v) is 7.04. The summed E-state index contributed by atoms with van der Waals surface area (Å²) in [6.45, 7) is 1.84. The van der Waals surface area contributed by atoms with Crippen molar-refractivity contribution in [2.45, 2.75) is 44.6 Å². The van der Waals surface area contributed by atoms with Gasteiger partial charge in [0.05, 0.1) is 13.3 Å². The van der Waals surface area contributed by atoms with E-state index in [1.165, 1.54) is 31.4 Å². The first-order chi connectivity index (χ1) is 16.8. The molecular formula is C26H32F2N4O3. The van der Waals surface area contributed by atoms with Gasteiger partial charge in [-0.15, -0.1) is 0 Å². The third kappa shape index (κ3) is 6.14. The fraction of sp³-hybridized carbons (Fsp3) is 0.500. The molecule has 2 N–H and O–H groups in total. The Morgan fingerprint density at radius 1 is 1.03 bits per heavy atom. The van der Waals surface area contributed by atoms with Crippen LogP contribution in [0, 0.1) is 23.5 Å². The highest BCUT2D eigenvalue weighted by molar-refractivity contribution is 5.92. The third-order valence-electron chi connectivity index (χ3n) is 7.04. The Morgan fingerprint density at radius 3 is 2.54 bits per heavy atom. The number of nitrogens with one attached hydrogen (secondary N) is 2. The molecule has 2 heterocycles. The van der Waals surface area contributed by atoms with Crippen LogP contribution >= 0.6 is 0 Å². The number of hydrogen-bond donors (Lipinski definition) is 2. The van der Waals surface area contributed by atoms with Gasteiger partial charge in [-0.1, -0.05) is 6.42 Å². The van der Waals surface area contributed by atoms with Crippen molar-refractivity contribution in [2.24, 2.45) is 11.8 Å². The van der Waals surface area contributed by atoms with Crippen LogP contribution in [0.4, 0.5) is 14.6 Å². The van der Waals surface area contributed by atoms with Crippen molar-refractivity contribution in [1.82, 2.24) is 15.2 Å². The van der Waals surface area contributed by atoms with Gasteiger partial charge in [-0.3, -0.25) is 9.59 Å². The van der Waals surface area contributed by atoms with Gasteiger partial charge in [0, 0.05) is 35.1 Å². The maximum atomic E-state index is 14.5. The zero-order valence-corrected chi connectivity index (χ0v) is 20.2. The number of carbonyl (C=O) groups excluding carboxylic acids is 2. The number of hydrogen-bond acceptors (Lipinski definition) is 5. The number of ether oxygens (including phenoxy) is 1. The molecule has 1 aliphatic carbocycles. The highest BCUT2D eigenvalue weighted by Crippen LogP contribution is 2.34. The molecule has 2 aliphatic rings. The predicted molar refractivity (Wildman–Crippen MR) is 129 cm³/mol. The normalized spacial score (nSPS) is 21.4. The molecule has 1 saturated heterocycles. The Kier molecular flexibility index (Phi) is 7.95. The Balaban J connectivity index is 1.39. The minimum atomic E-state index is -0.609. The average Bonchev–Trinajstić information content (AvgIpc) is 2.85. The van der Waals surface area contributed by atoms with Crippen LogP contribution in [0.25, 0.3) is 11.1 Å². The summed E-state index contributed by atoms with van der Waals surface area (Å²) in [7, 11) is 3.44. The molecule has 2 amide bonds. The summed E-state index contributed by atoms with van der Waals surface area (Å²) < 4.78 is 33.3. The molecule has 0 radical (unpaired) electrons. The minimum absolute atomic E-state index is 0.0330. The molecule has 2 aromatic rings. The van der Waals surface area contributed by atoms with Gasteiger partial charge in [0.25, 0.3) is 0 Å². The van der Waals surface area contributed by atoms with Gasteiger partial charge in [0.1, 0.15) is 23.2 Å². The van der Waals surface area contributed by atoms with Crippen LogP contribution in [0.2, 0.25) is 0 Å². The second-order valence-electron chi connectivity index (χ2n) is 9.53. The van der Waals surface area contributed by atoms with Crippen molar-refractivity contribution >= 4 is 17.6 Å². The first kappa shape index (κ1) is 25.0. The molecule has 7 nitrogen and oxygen atoms in total. The van der Waals surface area contributed by atoms with Crippen molar-refractivity contribution in [1.29, 1.82) is 0 Å². The fourth-order valence-corrected chi connectivity index (χ4v) is 4.98. The second kappa shape index (κ2) is 11.1. The number of nitrogens with zero attached hydrogens (tertiary/aromatic N) is 2. The number of methoxy groups -OCH3 is 1. The van der Waals surface area contributed by atoms with E-state index < -0.39 is 11.6 Å². The van der Waals surface area contributed by atoms with Gasteiger partial charge >= 0.3 is 0 Å². The highest BCUT2D eigenvalue weighted by atomic mass is 19.1. The van der Waals surface area contributed by atoms with Crippen molar-refractivity contribution in [3.63, 3.8) is 0 Å². The molecule has 1 aromatic carbocycles. The van der Waals surface area contributed by atoms with E-state index in [1.54, 1.807) is 0 Å². The average molecular weight is 487 g/mol. The Labute approximate surface area is 204 Å². The molecule has 35 heavy (non-hydrogen) atoms. The van der Waals surface area contributed by atoms with Crippen molar-refractivity contribution in [2.75, 3.05) is 32.6 Å². The van der Waals surface area contributed by atoms with Gasteiger partial charge < -0.3 is 20.3 Å². The molecule has 1 saturated carbocycles. The molecule has 2 atom stereocenters. The minimum Gasteiger partial charge on any atom is -0.496 e. The fourth-order valence-electron chi connectivity index (χ4n) is 4.98. The lowest BCUT2D eigenvalue weighted by molar-refractivity contribution is -0.128. The molecule has 1 aliphatic heterocycles. The number of pyridine rings is 1. The van der Waals surface area contributed by atoms with Crippen LogP contribution < -0.4 is 15.4 Å². The number of amides is 2. The number of halogens is 2. The molecule has 0 bridgehead atoms. The molecule has 2 fully saturated rings. The number of rotatable bonds is 6. The Hall–Kier alpha value is -3.07. The van der Waals surface area contributed by atoms with Gasteiger partial charge in [-0.2, -0.15) is 0 Å². The number of anilines is 1. The van der Waals surface area contributed by atoms with Crippen molar-refractivity contribution in [3.05, 3.63) is 42.1 Å².